The minimum atomic E-state index is -0.387. The van der Waals surface area contributed by atoms with Crippen LogP contribution in [0.1, 0.15) is 24.1 Å². The van der Waals surface area contributed by atoms with Crippen LogP contribution in [0.4, 0.5) is 11.6 Å². The Kier molecular flexibility index (Phi) is 4.73. The van der Waals surface area contributed by atoms with Crippen molar-refractivity contribution in [1.82, 2.24) is 14.8 Å². The van der Waals surface area contributed by atoms with Gasteiger partial charge in [0.1, 0.15) is 12.1 Å². The molecular weight excluding hydrogens is 354 g/mol. The molecule has 3 aromatic rings. The Balaban J connectivity index is 1.72. The highest BCUT2D eigenvalue weighted by Crippen LogP contribution is 2.37. The maximum absolute atomic E-state index is 13.4. The van der Waals surface area contributed by atoms with Gasteiger partial charge < -0.3 is 15.4 Å². The molecule has 1 aliphatic rings. The smallest absolute Gasteiger partial charge is 0.232 e. The molecule has 2 aromatic carbocycles. The standard InChI is InChI=1S/C21H23N5O2/c1-13-8-10-15(11-9-13)19-18(14(2)24-21-22-12-23-26(19)21)20(27)25-16-6-4-5-7-17(16)28-3/h4-12,14,18-19H,1-3H3,(H,25,27)(H,22,23,24)/t14-,18-,19-/m1/s1. The summed E-state index contributed by atoms with van der Waals surface area (Å²) in [5.41, 5.74) is 2.83. The molecule has 0 fully saturated rings. The maximum atomic E-state index is 13.4. The van der Waals surface area contributed by atoms with E-state index >= 15 is 0 Å². The van der Waals surface area contributed by atoms with Crippen LogP contribution in [0.2, 0.25) is 0 Å². The van der Waals surface area contributed by atoms with E-state index in [0.717, 1.165) is 5.56 Å². The molecular formula is C21H23N5O2. The topological polar surface area (TPSA) is 81.1 Å². The number of para-hydroxylation sites is 2. The quantitative estimate of drug-likeness (QED) is 0.729. The fourth-order valence-corrected chi connectivity index (χ4v) is 3.72. The van der Waals surface area contributed by atoms with E-state index < -0.39 is 0 Å². The second kappa shape index (κ2) is 7.34. The number of ether oxygens (including phenoxy) is 1. The van der Waals surface area contributed by atoms with Gasteiger partial charge in [-0.2, -0.15) is 10.1 Å². The number of methoxy groups -OCH3 is 1. The highest BCUT2D eigenvalue weighted by Gasteiger charge is 2.41. The third-order valence-electron chi connectivity index (χ3n) is 5.16. The molecule has 1 aliphatic heterocycles. The van der Waals surface area contributed by atoms with Gasteiger partial charge in [-0.25, -0.2) is 4.68 Å². The summed E-state index contributed by atoms with van der Waals surface area (Å²) < 4.78 is 7.16. The predicted octanol–water partition coefficient (Wildman–Crippen LogP) is 3.25. The molecule has 0 unspecified atom stereocenters. The maximum Gasteiger partial charge on any atom is 0.232 e. The van der Waals surface area contributed by atoms with Crippen LogP contribution in [0, 0.1) is 12.8 Å². The highest BCUT2D eigenvalue weighted by atomic mass is 16.5. The van der Waals surface area contributed by atoms with Gasteiger partial charge in [-0.05, 0) is 31.5 Å². The zero-order valence-corrected chi connectivity index (χ0v) is 16.1. The van der Waals surface area contributed by atoms with Crippen LogP contribution < -0.4 is 15.4 Å². The number of carbonyl (C=O) groups excluding carboxylic acids is 1. The lowest BCUT2D eigenvalue weighted by atomic mass is 9.85. The number of anilines is 2. The summed E-state index contributed by atoms with van der Waals surface area (Å²) in [5, 5.41) is 10.7. The molecule has 28 heavy (non-hydrogen) atoms. The normalized spacial score (nSPS) is 20.8. The lowest BCUT2D eigenvalue weighted by molar-refractivity contribution is -0.121. The van der Waals surface area contributed by atoms with Crippen molar-refractivity contribution in [2.75, 3.05) is 17.7 Å². The number of benzene rings is 2. The number of hydrogen-bond donors (Lipinski definition) is 2. The molecule has 1 amide bonds. The second-order valence-electron chi connectivity index (χ2n) is 7.03. The van der Waals surface area contributed by atoms with Gasteiger partial charge in [-0.15, -0.1) is 0 Å². The average molecular weight is 377 g/mol. The summed E-state index contributed by atoms with van der Waals surface area (Å²) in [6, 6.07) is 15.2. The van der Waals surface area contributed by atoms with Crippen molar-refractivity contribution in [2.24, 2.45) is 5.92 Å². The van der Waals surface area contributed by atoms with Crippen molar-refractivity contribution in [1.29, 1.82) is 0 Å². The predicted molar refractivity (Wildman–Crippen MR) is 108 cm³/mol. The summed E-state index contributed by atoms with van der Waals surface area (Å²) >= 11 is 0. The molecule has 0 aliphatic carbocycles. The van der Waals surface area contributed by atoms with Gasteiger partial charge in [-0.1, -0.05) is 42.0 Å². The van der Waals surface area contributed by atoms with E-state index in [4.69, 9.17) is 4.74 Å². The van der Waals surface area contributed by atoms with Crippen molar-refractivity contribution < 1.29 is 9.53 Å². The van der Waals surface area contributed by atoms with Crippen molar-refractivity contribution in [3.8, 4) is 5.75 Å². The van der Waals surface area contributed by atoms with Gasteiger partial charge >= 0.3 is 0 Å². The van der Waals surface area contributed by atoms with Crippen molar-refractivity contribution in [2.45, 2.75) is 25.9 Å². The van der Waals surface area contributed by atoms with Gasteiger partial charge in [0, 0.05) is 6.04 Å². The number of nitrogens with one attached hydrogen (secondary N) is 2. The minimum absolute atomic E-state index is 0.101. The molecule has 0 saturated heterocycles. The Hall–Kier alpha value is -3.35. The Morgan fingerprint density at radius 1 is 1.18 bits per heavy atom. The first-order valence-electron chi connectivity index (χ1n) is 9.25. The average Bonchev–Trinajstić information content (AvgIpc) is 3.16. The Labute approximate surface area is 163 Å². The fraction of sp³-hybridized carbons (Fsp3) is 0.286. The summed E-state index contributed by atoms with van der Waals surface area (Å²) in [6.07, 6.45) is 1.51. The largest absolute Gasteiger partial charge is 0.495 e. The van der Waals surface area contributed by atoms with E-state index in [0.29, 0.717) is 17.4 Å². The Morgan fingerprint density at radius 3 is 2.68 bits per heavy atom. The molecule has 7 nitrogen and oxygen atoms in total. The highest BCUT2D eigenvalue weighted by molar-refractivity contribution is 5.95. The number of hydrogen-bond acceptors (Lipinski definition) is 5. The Bertz CT molecular complexity index is 982. The SMILES string of the molecule is COc1ccccc1NC(=O)[C@H]1[C@@H](c2ccc(C)cc2)n2ncnc2N[C@@H]1C. The molecule has 0 spiro atoms. The Morgan fingerprint density at radius 2 is 1.93 bits per heavy atom. The lowest BCUT2D eigenvalue weighted by Gasteiger charge is -2.37. The molecule has 144 valence electrons. The summed E-state index contributed by atoms with van der Waals surface area (Å²) in [7, 11) is 1.59. The molecule has 2 N–H and O–H groups in total. The van der Waals surface area contributed by atoms with E-state index in [1.54, 1.807) is 11.8 Å². The molecule has 3 atom stereocenters. The van der Waals surface area contributed by atoms with Crippen molar-refractivity contribution in [3.63, 3.8) is 0 Å². The number of amides is 1. The van der Waals surface area contributed by atoms with Crippen LogP contribution in [-0.4, -0.2) is 33.8 Å². The number of nitrogens with zero attached hydrogens (tertiary/aromatic N) is 3. The van der Waals surface area contributed by atoms with E-state index in [1.807, 2.05) is 62.4 Å². The second-order valence-corrected chi connectivity index (χ2v) is 7.03. The monoisotopic (exact) mass is 377 g/mol. The summed E-state index contributed by atoms with van der Waals surface area (Å²) in [5.74, 6) is 0.804. The molecule has 0 saturated carbocycles. The van der Waals surface area contributed by atoms with Crippen molar-refractivity contribution >= 4 is 17.5 Å². The third kappa shape index (κ3) is 3.19. The van der Waals surface area contributed by atoms with Gasteiger partial charge in [0.25, 0.3) is 0 Å². The molecule has 4 rings (SSSR count). The van der Waals surface area contributed by atoms with E-state index in [9.17, 15) is 4.79 Å². The van der Waals surface area contributed by atoms with E-state index in [1.165, 1.54) is 11.9 Å². The summed E-state index contributed by atoms with van der Waals surface area (Å²) in [6.45, 7) is 4.04. The van der Waals surface area contributed by atoms with Crippen LogP contribution in [0.5, 0.6) is 5.75 Å². The molecule has 2 heterocycles. The van der Waals surface area contributed by atoms with Crippen LogP contribution in [0.15, 0.2) is 54.9 Å². The van der Waals surface area contributed by atoms with Crippen LogP contribution >= 0.6 is 0 Å². The summed E-state index contributed by atoms with van der Waals surface area (Å²) in [4.78, 5) is 17.7. The number of aromatic nitrogens is 3. The third-order valence-corrected chi connectivity index (χ3v) is 5.16. The fourth-order valence-electron chi connectivity index (χ4n) is 3.72. The first-order chi connectivity index (χ1) is 13.6. The van der Waals surface area contributed by atoms with Crippen LogP contribution in [0.25, 0.3) is 0 Å². The first-order valence-corrected chi connectivity index (χ1v) is 9.25. The van der Waals surface area contributed by atoms with Gasteiger partial charge in [-0.3, -0.25) is 4.79 Å². The van der Waals surface area contributed by atoms with E-state index in [-0.39, 0.29) is 23.9 Å². The van der Waals surface area contributed by atoms with Gasteiger partial charge in [0.2, 0.25) is 11.9 Å². The number of rotatable bonds is 4. The first kappa shape index (κ1) is 18.0. The number of carbonyl (C=O) groups is 1. The number of fused-ring (bicyclic) bond motifs is 1. The molecule has 0 radical (unpaired) electrons. The molecule has 1 aromatic heterocycles. The number of aryl methyl sites for hydroxylation is 1. The minimum Gasteiger partial charge on any atom is -0.495 e. The molecule has 0 bridgehead atoms. The zero-order chi connectivity index (χ0) is 19.7. The van der Waals surface area contributed by atoms with Gasteiger partial charge in [0.15, 0.2) is 0 Å². The van der Waals surface area contributed by atoms with Crippen LogP contribution in [0.3, 0.4) is 0 Å². The van der Waals surface area contributed by atoms with Crippen LogP contribution in [-0.2, 0) is 4.79 Å². The van der Waals surface area contributed by atoms with Crippen molar-refractivity contribution in [3.05, 3.63) is 66.0 Å². The van der Waals surface area contributed by atoms with E-state index in [2.05, 4.69) is 20.7 Å². The zero-order valence-electron chi connectivity index (χ0n) is 16.1. The molecule has 7 heteroatoms. The van der Waals surface area contributed by atoms with Gasteiger partial charge in [0.05, 0.1) is 24.8 Å². The lowest BCUT2D eigenvalue weighted by Crippen LogP contribution is -2.46.